The van der Waals surface area contributed by atoms with Gasteiger partial charge in [0.15, 0.2) is 0 Å². The zero-order valence-corrected chi connectivity index (χ0v) is 12.6. The van der Waals surface area contributed by atoms with Crippen molar-refractivity contribution in [1.29, 1.82) is 0 Å². The SMILES string of the molecule is CC.CCc1c(N(C)C)ncnc1C(C)(C)C. The van der Waals surface area contributed by atoms with E-state index in [2.05, 4.69) is 42.6 Å². The third-order valence-electron chi connectivity index (χ3n) is 2.41. The van der Waals surface area contributed by atoms with Gasteiger partial charge in [-0.3, -0.25) is 0 Å². The second-order valence-electron chi connectivity index (χ2n) is 5.02. The fourth-order valence-corrected chi connectivity index (χ4v) is 1.76. The Labute approximate surface area is 106 Å². The van der Waals surface area contributed by atoms with Gasteiger partial charge >= 0.3 is 0 Å². The van der Waals surface area contributed by atoms with Gasteiger partial charge < -0.3 is 4.90 Å². The number of rotatable bonds is 2. The van der Waals surface area contributed by atoms with E-state index in [1.54, 1.807) is 6.33 Å². The summed E-state index contributed by atoms with van der Waals surface area (Å²) in [4.78, 5) is 10.8. The second kappa shape index (κ2) is 6.58. The van der Waals surface area contributed by atoms with Crippen LogP contribution in [0.1, 0.15) is 52.8 Å². The number of anilines is 1. The van der Waals surface area contributed by atoms with Crippen molar-refractivity contribution in [3.8, 4) is 0 Å². The van der Waals surface area contributed by atoms with Crippen molar-refractivity contribution >= 4 is 5.82 Å². The maximum atomic E-state index is 4.43. The summed E-state index contributed by atoms with van der Waals surface area (Å²) in [6.07, 6.45) is 2.63. The molecule has 3 heteroatoms. The van der Waals surface area contributed by atoms with Crippen LogP contribution < -0.4 is 4.90 Å². The smallest absolute Gasteiger partial charge is 0.134 e. The van der Waals surface area contributed by atoms with Crippen LogP contribution in [0.2, 0.25) is 0 Å². The molecule has 0 aromatic carbocycles. The van der Waals surface area contributed by atoms with Crippen LogP contribution in [0.5, 0.6) is 0 Å². The lowest BCUT2D eigenvalue weighted by molar-refractivity contribution is 0.558. The topological polar surface area (TPSA) is 29.0 Å². The van der Waals surface area contributed by atoms with Gasteiger partial charge in [0.1, 0.15) is 12.1 Å². The Bertz CT molecular complexity index is 338. The molecule has 98 valence electrons. The van der Waals surface area contributed by atoms with Crippen LogP contribution >= 0.6 is 0 Å². The van der Waals surface area contributed by atoms with Gasteiger partial charge in [0, 0.05) is 25.1 Å². The highest BCUT2D eigenvalue weighted by atomic mass is 15.1. The van der Waals surface area contributed by atoms with Gasteiger partial charge in [-0.2, -0.15) is 0 Å². The summed E-state index contributed by atoms with van der Waals surface area (Å²) in [6.45, 7) is 12.7. The van der Waals surface area contributed by atoms with Crippen molar-refractivity contribution in [3.63, 3.8) is 0 Å². The normalized spacial score (nSPS) is 10.6. The summed E-state index contributed by atoms with van der Waals surface area (Å²) in [5, 5.41) is 0. The largest absolute Gasteiger partial charge is 0.362 e. The molecule has 1 aromatic heterocycles. The average molecular weight is 237 g/mol. The Kier molecular flexibility index (Phi) is 6.14. The monoisotopic (exact) mass is 237 g/mol. The van der Waals surface area contributed by atoms with E-state index in [4.69, 9.17) is 0 Å². The van der Waals surface area contributed by atoms with Gasteiger partial charge in [0.25, 0.3) is 0 Å². The van der Waals surface area contributed by atoms with E-state index in [9.17, 15) is 0 Å². The molecule has 0 unspecified atom stereocenters. The Morgan fingerprint density at radius 2 is 1.65 bits per heavy atom. The molecule has 0 aliphatic heterocycles. The molecule has 0 radical (unpaired) electrons. The van der Waals surface area contributed by atoms with Crippen molar-refractivity contribution in [3.05, 3.63) is 17.6 Å². The van der Waals surface area contributed by atoms with Crippen LogP contribution in [0.15, 0.2) is 6.33 Å². The van der Waals surface area contributed by atoms with Crippen molar-refractivity contribution in [2.24, 2.45) is 0 Å². The minimum absolute atomic E-state index is 0.0824. The van der Waals surface area contributed by atoms with E-state index >= 15 is 0 Å². The maximum absolute atomic E-state index is 4.43. The lowest BCUT2D eigenvalue weighted by Crippen LogP contribution is -2.21. The van der Waals surface area contributed by atoms with E-state index in [-0.39, 0.29) is 5.41 Å². The van der Waals surface area contributed by atoms with Gasteiger partial charge in [-0.15, -0.1) is 0 Å². The van der Waals surface area contributed by atoms with Crippen LogP contribution in [0.4, 0.5) is 5.82 Å². The number of aromatic nitrogens is 2. The first kappa shape index (κ1) is 15.9. The van der Waals surface area contributed by atoms with Crippen molar-refractivity contribution in [2.75, 3.05) is 19.0 Å². The summed E-state index contributed by atoms with van der Waals surface area (Å²) in [7, 11) is 4.04. The van der Waals surface area contributed by atoms with Gasteiger partial charge in [0.2, 0.25) is 0 Å². The molecule has 1 heterocycles. The molecule has 0 fully saturated rings. The predicted molar refractivity (Wildman–Crippen MR) is 75.8 cm³/mol. The molecule has 0 saturated carbocycles. The van der Waals surface area contributed by atoms with Gasteiger partial charge in [-0.1, -0.05) is 41.5 Å². The Hall–Kier alpha value is -1.12. The van der Waals surface area contributed by atoms with E-state index in [1.807, 2.05) is 27.9 Å². The van der Waals surface area contributed by atoms with Crippen LogP contribution in [0.3, 0.4) is 0 Å². The minimum atomic E-state index is 0.0824. The fourth-order valence-electron chi connectivity index (χ4n) is 1.76. The van der Waals surface area contributed by atoms with Crippen molar-refractivity contribution in [2.45, 2.75) is 53.4 Å². The van der Waals surface area contributed by atoms with Gasteiger partial charge in [0.05, 0.1) is 5.69 Å². The predicted octanol–water partition coefficient (Wildman–Crippen LogP) is 3.43. The van der Waals surface area contributed by atoms with Crippen LogP contribution in [0.25, 0.3) is 0 Å². The lowest BCUT2D eigenvalue weighted by Gasteiger charge is -2.24. The molecule has 3 nitrogen and oxygen atoms in total. The summed E-state index contributed by atoms with van der Waals surface area (Å²) in [5.41, 5.74) is 2.50. The Morgan fingerprint density at radius 3 is 2.00 bits per heavy atom. The number of hydrogen-bond acceptors (Lipinski definition) is 3. The average Bonchev–Trinajstić information content (AvgIpc) is 2.29. The molecule has 0 saturated heterocycles. The third kappa shape index (κ3) is 3.99. The molecule has 0 aliphatic rings. The molecule has 0 bridgehead atoms. The highest BCUT2D eigenvalue weighted by Gasteiger charge is 2.22. The van der Waals surface area contributed by atoms with Crippen LogP contribution in [-0.4, -0.2) is 24.1 Å². The molecule has 0 atom stereocenters. The molecule has 0 spiro atoms. The molecular formula is C14H27N3. The summed E-state index contributed by atoms with van der Waals surface area (Å²) >= 11 is 0. The summed E-state index contributed by atoms with van der Waals surface area (Å²) < 4.78 is 0. The molecule has 1 rings (SSSR count). The first-order valence-electron chi connectivity index (χ1n) is 6.39. The summed E-state index contributed by atoms with van der Waals surface area (Å²) in [6, 6.07) is 0. The standard InChI is InChI=1S/C12H21N3.C2H6/c1-7-9-10(12(2,3)4)13-8-14-11(9)15(5)6;1-2/h8H,7H2,1-6H3;1-2H3. The van der Waals surface area contributed by atoms with E-state index in [0.29, 0.717) is 0 Å². The Balaban J connectivity index is 0.00000121. The van der Waals surface area contributed by atoms with E-state index in [0.717, 1.165) is 17.9 Å². The molecule has 0 N–H and O–H groups in total. The lowest BCUT2D eigenvalue weighted by atomic mass is 9.88. The molecule has 17 heavy (non-hydrogen) atoms. The number of nitrogens with zero attached hydrogens (tertiary/aromatic N) is 3. The quantitative estimate of drug-likeness (QED) is 0.789. The van der Waals surface area contributed by atoms with E-state index in [1.165, 1.54) is 5.56 Å². The van der Waals surface area contributed by atoms with Crippen molar-refractivity contribution in [1.82, 2.24) is 9.97 Å². The Morgan fingerprint density at radius 1 is 1.12 bits per heavy atom. The fraction of sp³-hybridized carbons (Fsp3) is 0.714. The molecule has 0 aliphatic carbocycles. The minimum Gasteiger partial charge on any atom is -0.362 e. The zero-order valence-electron chi connectivity index (χ0n) is 12.6. The number of hydrogen-bond donors (Lipinski definition) is 0. The van der Waals surface area contributed by atoms with Crippen molar-refractivity contribution < 1.29 is 0 Å². The molecule has 0 amide bonds. The van der Waals surface area contributed by atoms with Crippen LogP contribution in [0, 0.1) is 0 Å². The first-order chi connectivity index (χ1) is 7.88. The zero-order chi connectivity index (χ0) is 13.6. The first-order valence-corrected chi connectivity index (χ1v) is 6.39. The molecule has 1 aromatic rings. The van der Waals surface area contributed by atoms with Crippen LogP contribution in [-0.2, 0) is 11.8 Å². The second-order valence-corrected chi connectivity index (χ2v) is 5.02. The molecular weight excluding hydrogens is 210 g/mol. The maximum Gasteiger partial charge on any atom is 0.134 e. The van der Waals surface area contributed by atoms with Gasteiger partial charge in [-0.05, 0) is 6.42 Å². The van der Waals surface area contributed by atoms with Gasteiger partial charge in [-0.25, -0.2) is 9.97 Å². The third-order valence-corrected chi connectivity index (χ3v) is 2.41. The summed E-state index contributed by atoms with van der Waals surface area (Å²) in [5.74, 6) is 1.04. The highest BCUT2D eigenvalue weighted by molar-refractivity contribution is 5.48. The van der Waals surface area contributed by atoms with E-state index < -0.39 is 0 Å². The highest BCUT2D eigenvalue weighted by Crippen LogP contribution is 2.28.